The Morgan fingerprint density at radius 1 is 1.33 bits per heavy atom. The van der Waals surface area contributed by atoms with Crippen LogP contribution < -0.4 is 10.5 Å². The standard InChI is InChI=1S/C10H14Br2N2O2S.ClH/c1-10(2,13)6-14-17(15,16)9-5-7(11)3-4-8(9)12;/h3-5,14H,6,13H2,1-2H3;1H. The first kappa shape index (κ1) is 18.3. The first-order chi connectivity index (χ1) is 7.62. The van der Waals surface area contributed by atoms with Crippen molar-refractivity contribution in [2.45, 2.75) is 24.3 Å². The molecule has 0 atom stereocenters. The number of rotatable bonds is 4. The minimum atomic E-state index is -3.55. The quantitative estimate of drug-likeness (QED) is 0.784. The lowest BCUT2D eigenvalue weighted by molar-refractivity contribution is 0.497. The molecule has 0 heterocycles. The van der Waals surface area contributed by atoms with E-state index >= 15 is 0 Å². The van der Waals surface area contributed by atoms with Crippen LogP contribution in [0.1, 0.15) is 13.8 Å². The highest BCUT2D eigenvalue weighted by molar-refractivity contribution is 9.11. The van der Waals surface area contributed by atoms with E-state index in [-0.39, 0.29) is 23.8 Å². The maximum Gasteiger partial charge on any atom is 0.241 e. The second kappa shape index (κ2) is 6.67. The Morgan fingerprint density at radius 3 is 2.39 bits per heavy atom. The molecule has 4 nitrogen and oxygen atoms in total. The Kier molecular flexibility index (Phi) is 6.80. The highest BCUT2D eigenvalue weighted by Crippen LogP contribution is 2.25. The summed E-state index contributed by atoms with van der Waals surface area (Å²) in [6.45, 7) is 3.69. The van der Waals surface area contributed by atoms with Crippen LogP contribution in [0.15, 0.2) is 32.0 Å². The molecule has 1 aromatic carbocycles. The Bertz CT molecular complexity index is 515. The van der Waals surface area contributed by atoms with Crippen molar-refractivity contribution in [1.82, 2.24) is 4.72 Å². The fourth-order valence-electron chi connectivity index (χ4n) is 1.04. The molecule has 1 rings (SSSR count). The van der Waals surface area contributed by atoms with Gasteiger partial charge in [-0.2, -0.15) is 0 Å². The average Bonchev–Trinajstić information content (AvgIpc) is 2.18. The number of hydrogen-bond donors (Lipinski definition) is 2. The topological polar surface area (TPSA) is 72.2 Å². The number of hydrogen-bond acceptors (Lipinski definition) is 3. The van der Waals surface area contributed by atoms with E-state index in [1.54, 1.807) is 26.0 Å². The average molecular weight is 423 g/mol. The molecule has 8 heteroatoms. The van der Waals surface area contributed by atoms with Crippen LogP contribution in [-0.4, -0.2) is 20.5 Å². The van der Waals surface area contributed by atoms with Crippen molar-refractivity contribution < 1.29 is 8.42 Å². The minimum Gasteiger partial charge on any atom is -0.324 e. The number of nitrogens with one attached hydrogen (secondary N) is 1. The fourth-order valence-corrected chi connectivity index (χ4v) is 3.76. The van der Waals surface area contributed by atoms with E-state index in [4.69, 9.17) is 5.73 Å². The molecular weight excluding hydrogens is 407 g/mol. The highest BCUT2D eigenvalue weighted by Gasteiger charge is 2.21. The van der Waals surface area contributed by atoms with E-state index in [0.29, 0.717) is 8.95 Å². The predicted molar refractivity (Wildman–Crippen MR) is 82.5 cm³/mol. The van der Waals surface area contributed by atoms with Gasteiger partial charge < -0.3 is 5.73 Å². The van der Waals surface area contributed by atoms with Crippen LogP contribution >= 0.6 is 44.3 Å². The molecule has 0 spiro atoms. The van der Waals surface area contributed by atoms with Gasteiger partial charge in [-0.15, -0.1) is 12.4 Å². The summed E-state index contributed by atoms with van der Waals surface area (Å²) in [5, 5.41) is 0. The molecule has 0 saturated carbocycles. The molecule has 0 amide bonds. The molecule has 18 heavy (non-hydrogen) atoms. The van der Waals surface area contributed by atoms with Gasteiger partial charge in [0, 0.05) is 21.0 Å². The minimum absolute atomic E-state index is 0. The van der Waals surface area contributed by atoms with Crippen molar-refractivity contribution in [2.75, 3.05) is 6.54 Å². The van der Waals surface area contributed by atoms with E-state index in [0.717, 1.165) is 0 Å². The van der Waals surface area contributed by atoms with Crippen molar-refractivity contribution in [1.29, 1.82) is 0 Å². The first-order valence-electron chi connectivity index (χ1n) is 4.85. The summed E-state index contributed by atoms with van der Waals surface area (Å²) >= 11 is 6.46. The van der Waals surface area contributed by atoms with Crippen molar-refractivity contribution in [3.05, 3.63) is 27.1 Å². The SMILES string of the molecule is CC(C)(N)CNS(=O)(=O)c1cc(Br)ccc1Br.Cl. The molecule has 104 valence electrons. The zero-order valence-corrected chi connectivity index (χ0v) is 14.7. The van der Waals surface area contributed by atoms with Crippen molar-refractivity contribution in [2.24, 2.45) is 5.73 Å². The molecule has 0 aliphatic rings. The normalized spacial score (nSPS) is 12.1. The number of sulfonamides is 1. The highest BCUT2D eigenvalue weighted by atomic mass is 79.9. The van der Waals surface area contributed by atoms with Crippen molar-refractivity contribution >= 4 is 54.3 Å². The zero-order valence-electron chi connectivity index (χ0n) is 9.91. The molecule has 0 aliphatic carbocycles. The summed E-state index contributed by atoms with van der Waals surface area (Å²) in [5.41, 5.74) is 5.15. The Hall–Kier alpha value is 0.340. The molecule has 0 aliphatic heterocycles. The third kappa shape index (κ3) is 5.54. The first-order valence-corrected chi connectivity index (χ1v) is 7.92. The van der Waals surface area contributed by atoms with E-state index in [2.05, 4.69) is 36.6 Å². The third-order valence-electron chi connectivity index (χ3n) is 1.90. The van der Waals surface area contributed by atoms with E-state index in [1.807, 2.05) is 0 Å². The maximum absolute atomic E-state index is 12.0. The lowest BCUT2D eigenvalue weighted by Crippen LogP contribution is -2.45. The van der Waals surface area contributed by atoms with Gasteiger partial charge in [0.15, 0.2) is 0 Å². The molecule has 0 radical (unpaired) electrons. The van der Waals surface area contributed by atoms with Gasteiger partial charge in [-0.05, 0) is 48.0 Å². The van der Waals surface area contributed by atoms with Crippen LogP contribution in [0.3, 0.4) is 0 Å². The van der Waals surface area contributed by atoms with Crippen LogP contribution in [0.5, 0.6) is 0 Å². The molecule has 0 unspecified atom stereocenters. The zero-order chi connectivity index (χ0) is 13.3. The van der Waals surface area contributed by atoms with E-state index in [1.165, 1.54) is 6.07 Å². The number of benzene rings is 1. The summed E-state index contributed by atoms with van der Waals surface area (Å²) in [6, 6.07) is 4.97. The second-order valence-electron chi connectivity index (χ2n) is 4.39. The summed E-state index contributed by atoms with van der Waals surface area (Å²) in [6.07, 6.45) is 0. The molecule has 1 aromatic rings. The summed E-state index contributed by atoms with van der Waals surface area (Å²) < 4.78 is 27.8. The predicted octanol–water partition coefficient (Wildman–Crippen LogP) is 2.65. The molecule has 3 N–H and O–H groups in total. The lowest BCUT2D eigenvalue weighted by Gasteiger charge is -2.19. The van der Waals surface area contributed by atoms with Gasteiger partial charge in [-0.3, -0.25) is 0 Å². The lowest BCUT2D eigenvalue weighted by atomic mass is 10.1. The van der Waals surface area contributed by atoms with Crippen LogP contribution in [0.2, 0.25) is 0 Å². The molecule has 0 aromatic heterocycles. The monoisotopic (exact) mass is 420 g/mol. The van der Waals surface area contributed by atoms with Gasteiger partial charge in [-0.25, -0.2) is 13.1 Å². The van der Waals surface area contributed by atoms with Crippen LogP contribution in [-0.2, 0) is 10.0 Å². The van der Waals surface area contributed by atoms with Gasteiger partial charge in [0.2, 0.25) is 10.0 Å². The van der Waals surface area contributed by atoms with Gasteiger partial charge in [-0.1, -0.05) is 15.9 Å². The summed E-state index contributed by atoms with van der Waals surface area (Å²) in [7, 11) is -3.55. The van der Waals surface area contributed by atoms with Crippen LogP contribution in [0, 0.1) is 0 Å². The Labute approximate surface area is 130 Å². The van der Waals surface area contributed by atoms with Gasteiger partial charge >= 0.3 is 0 Å². The summed E-state index contributed by atoms with van der Waals surface area (Å²) in [5.74, 6) is 0. The summed E-state index contributed by atoms with van der Waals surface area (Å²) in [4.78, 5) is 0.191. The Balaban J connectivity index is 0.00000289. The second-order valence-corrected chi connectivity index (χ2v) is 7.89. The maximum atomic E-state index is 12.0. The van der Waals surface area contributed by atoms with Crippen LogP contribution in [0.25, 0.3) is 0 Å². The third-order valence-corrected chi connectivity index (χ3v) is 4.79. The van der Waals surface area contributed by atoms with Crippen molar-refractivity contribution in [3.8, 4) is 0 Å². The van der Waals surface area contributed by atoms with Gasteiger partial charge in [0.25, 0.3) is 0 Å². The Morgan fingerprint density at radius 2 is 1.89 bits per heavy atom. The van der Waals surface area contributed by atoms with E-state index in [9.17, 15) is 8.42 Å². The van der Waals surface area contributed by atoms with E-state index < -0.39 is 15.6 Å². The number of halogens is 3. The van der Waals surface area contributed by atoms with Crippen molar-refractivity contribution in [3.63, 3.8) is 0 Å². The molecular formula is C10H15Br2ClN2O2S. The molecule has 0 saturated heterocycles. The van der Waals surface area contributed by atoms with Gasteiger partial charge in [0.05, 0.1) is 4.90 Å². The number of nitrogens with two attached hydrogens (primary N) is 1. The smallest absolute Gasteiger partial charge is 0.241 e. The van der Waals surface area contributed by atoms with Gasteiger partial charge in [0.1, 0.15) is 0 Å². The fraction of sp³-hybridized carbons (Fsp3) is 0.400. The molecule has 0 bridgehead atoms. The van der Waals surface area contributed by atoms with Crippen LogP contribution in [0.4, 0.5) is 0 Å². The largest absolute Gasteiger partial charge is 0.324 e. The molecule has 0 fully saturated rings.